The van der Waals surface area contributed by atoms with Gasteiger partial charge in [-0.05, 0) is 58.5 Å². The minimum atomic E-state index is -0.520. The van der Waals surface area contributed by atoms with Crippen molar-refractivity contribution in [1.29, 1.82) is 0 Å². The van der Waals surface area contributed by atoms with Gasteiger partial charge in [-0.25, -0.2) is 4.79 Å². The van der Waals surface area contributed by atoms with Crippen molar-refractivity contribution in [2.45, 2.75) is 58.1 Å². The van der Waals surface area contributed by atoms with Crippen molar-refractivity contribution in [2.24, 2.45) is 5.41 Å². The molecule has 1 saturated carbocycles. The van der Waals surface area contributed by atoms with Crippen molar-refractivity contribution in [2.75, 3.05) is 19.1 Å². The van der Waals surface area contributed by atoms with E-state index in [1.807, 2.05) is 27.0 Å². The van der Waals surface area contributed by atoms with Gasteiger partial charge in [-0.1, -0.05) is 0 Å². The number of carbonyl (C=O) groups is 2. The van der Waals surface area contributed by atoms with Gasteiger partial charge in [0.05, 0.1) is 12.5 Å². The Morgan fingerprint density at radius 3 is 2.38 bits per heavy atom. The Morgan fingerprint density at radius 1 is 1.33 bits per heavy atom. The Kier molecular flexibility index (Phi) is 6.38. The Morgan fingerprint density at radius 2 is 1.95 bits per heavy atom. The smallest absolute Gasteiger partial charge is 0.407 e. The molecular formula is C15H27NO4S. The van der Waals surface area contributed by atoms with Crippen LogP contribution in [0.5, 0.6) is 0 Å². The summed E-state index contributed by atoms with van der Waals surface area (Å²) in [5, 5.41) is 2.90. The predicted molar refractivity (Wildman–Crippen MR) is 84.5 cm³/mol. The number of carbonyl (C=O) groups excluding carboxylic acids is 2. The summed E-state index contributed by atoms with van der Waals surface area (Å²) in [7, 11) is 1.42. The molecule has 0 aromatic carbocycles. The van der Waals surface area contributed by atoms with Crippen LogP contribution in [0.1, 0.15) is 46.5 Å². The summed E-state index contributed by atoms with van der Waals surface area (Å²) in [4.78, 5) is 23.8. The molecule has 0 aromatic heterocycles. The zero-order chi connectivity index (χ0) is 16.1. The second-order valence-corrected chi connectivity index (χ2v) is 7.59. The normalized spacial score (nSPS) is 17.8. The molecule has 1 fully saturated rings. The SMILES string of the molecule is COC(=O)C1(CC(CCSC)NC(=O)OC(C)(C)C)CC1. The molecule has 0 aliphatic heterocycles. The lowest BCUT2D eigenvalue weighted by atomic mass is 9.95. The zero-order valence-electron chi connectivity index (χ0n) is 13.7. The first kappa shape index (κ1) is 18.1. The Balaban J connectivity index is 2.60. The number of amides is 1. The fourth-order valence-electron chi connectivity index (χ4n) is 2.29. The van der Waals surface area contributed by atoms with Crippen LogP contribution >= 0.6 is 11.8 Å². The number of ether oxygens (including phenoxy) is 2. The number of hydrogen-bond donors (Lipinski definition) is 1. The van der Waals surface area contributed by atoms with Crippen molar-refractivity contribution in [3.8, 4) is 0 Å². The van der Waals surface area contributed by atoms with E-state index in [4.69, 9.17) is 9.47 Å². The zero-order valence-corrected chi connectivity index (χ0v) is 14.5. The van der Waals surface area contributed by atoms with E-state index in [2.05, 4.69) is 5.32 Å². The van der Waals surface area contributed by atoms with Gasteiger partial charge in [0, 0.05) is 6.04 Å². The molecule has 1 unspecified atom stereocenters. The van der Waals surface area contributed by atoms with Crippen LogP contribution in [0.2, 0.25) is 0 Å². The molecule has 5 nitrogen and oxygen atoms in total. The molecule has 0 radical (unpaired) electrons. The second kappa shape index (κ2) is 7.38. The second-order valence-electron chi connectivity index (χ2n) is 6.60. The van der Waals surface area contributed by atoms with Crippen LogP contribution in [-0.4, -0.2) is 42.8 Å². The highest BCUT2D eigenvalue weighted by Gasteiger charge is 2.52. The fraction of sp³-hybridized carbons (Fsp3) is 0.867. The summed E-state index contributed by atoms with van der Waals surface area (Å²) >= 11 is 1.72. The monoisotopic (exact) mass is 317 g/mol. The minimum Gasteiger partial charge on any atom is -0.469 e. The van der Waals surface area contributed by atoms with Gasteiger partial charge in [0.2, 0.25) is 0 Å². The van der Waals surface area contributed by atoms with E-state index in [-0.39, 0.29) is 12.0 Å². The van der Waals surface area contributed by atoms with Crippen molar-refractivity contribution < 1.29 is 19.1 Å². The van der Waals surface area contributed by atoms with E-state index in [0.29, 0.717) is 6.42 Å². The molecule has 1 rings (SSSR count). The third kappa shape index (κ3) is 6.16. The number of alkyl carbamates (subject to hydrolysis) is 1. The largest absolute Gasteiger partial charge is 0.469 e. The molecule has 0 heterocycles. The predicted octanol–water partition coefficient (Wildman–Crippen LogP) is 2.98. The summed E-state index contributed by atoms with van der Waals surface area (Å²) in [5.41, 5.74) is -0.916. The molecule has 1 aliphatic rings. The molecule has 21 heavy (non-hydrogen) atoms. The van der Waals surface area contributed by atoms with Gasteiger partial charge in [-0.15, -0.1) is 0 Å². The van der Waals surface area contributed by atoms with Gasteiger partial charge in [0.15, 0.2) is 0 Å². The van der Waals surface area contributed by atoms with E-state index in [0.717, 1.165) is 25.0 Å². The summed E-state index contributed by atoms with van der Waals surface area (Å²) in [5.74, 6) is 0.764. The molecule has 1 amide bonds. The molecule has 0 bridgehead atoms. The average molecular weight is 317 g/mol. The highest BCUT2D eigenvalue weighted by molar-refractivity contribution is 7.98. The highest BCUT2D eigenvalue weighted by Crippen LogP contribution is 2.50. The maximum absolute atomic E-state index is 11.9. The molecule has 122 valence electrons. The van der Waals surface area contributed by atoms with E-state index in [9.17, 15) is 9.59 Å². The molecule has 0 spiro atoms. The Hall–Kier alpha value is -0.910. The third-order valence-corrected chi connectivity index (χ3v) is 4.14. The lowest BCUT2D eigenvalue weighted by Gasteiger charge is -2.25. The fourth-order valence-corrected chi connectivity index (χ4v) is 2.81. The summed E-state index contributed by atoms with van der Waals surface area (Å²) in [6.07, 6.45) is 4.72. The lowest BCUT2D eigenvalue weighted by Crippen LogP contribution is -2.41. The van der Waals surface area contributed by atoms with Crippen LogP contribution in [0.4, 0.5) is 4.79 Å². The van der Waals surface area contributed by atoms with Crippen molar-refractivity contribution in [1.82, 2.24) is 5.32 Å². The molecule has 0 saturated heterocycles. The number of thioether (sulfide) groups is 1. The van der Waals surface area contributed by atoms with E-state index >= 15 is 0 Å². The number of esters is 1. The molecule has 0 aromatic rings. The van der Waals surface area contributed by atoms with Gasteiger partial charge in [0.25, 0.3) is 0 Å². The van der Waals surface area contributed by atoms with E-state index in [1.54, 1.807) is 11.8 Å². The number of rotatable bonds is 7. The lowest BCUT2D eigenvalue weighted by molar-refractivity contribution is -0.147. The molecule has 1 atom stereocenters. The number of nitrogens with one attached hydrogen (secondary N) is 1. The first-order chi connectivity index (χ1) is 9.72. The van der Waals surface area contributed by atoms with Crippen LogP contribution in [0, 0.1) is 5.41 Å². The van der Waals surface area contributed by atoms with Crippen molar-refractivity contribution >= 4 is 23.8 Å². The summed E-state index contributed by atoms with van der Waals surface area (Å²) < 4.78 is 10.2. The van der Waals surface area contributed by atoms with Crippen LogP contribution in [0.25, 0.3) is 0 Å². The highest BCUT2D eigenvalue weighted by atomic mass is 32.2. The van der Waals surface area contributed by atoms with Gasteiger partial charge in [-0.3, -0.25) is 4.79 Å². The van der Waals surface area contributed by atoms with E-state index < -0.39 is 17.1 Å². The molecule has 1 N–H and O–H groups in total. The quantitative estimate of drug-likeness (QED) is 0.731. The maximum atomic E-state index is 11.9. The third-order valence-electron chi connectivity index (χ3n) is 3.50. The topological polar surface area (TPSA) is 64.6 Å². The minimum absolute atomic E-state index is 0.0612. The number of methoxy groups -OCH3 is 1. The van der Waals surface area contributed by atoms with Gasteiger partial charge >= 0.3 is 12.1 Å². The van der Waals surface area contributed by atoms with Crippen LogP contribution in [0.3, 0.4) is 0 Å². The molecule has 1 aliphatic carbocycles. The van der Waals surface area contributed by atoms with Gasteiger partial charge < -0.3 is 14.8 Å². The van der Waals surface area contributed by atoms with Crippen molar-refractivity contribution in [3.63, 3.8) is 0 Å². The Labute approximate surface area is 131 Å². The molecular weight excluding hydrogens is 290 g/mol. The summed E-state index contributed by atoms with van der Waals surface area (Å²) in [6, 6.07) is -0.0612. The van der Waals surface area contributed by atoms with Gasteiger partial charge in [0.1, 0.15) is 5.60 Å². The standard InChI is InChI=1S/C15H27NO4S/c1-14(2,3)20-13(18)16-11(6-9-21-5)10-15(7-8-15)12(17)19-4/h11H,6-10H2,1-5H3,(H,16,18). The number of hydrogen-bond acceptors (Lipinski definition) is 5. The molecule has 6 heteroatoms. The van der Waals surface area contributed by atoms with Crippen LogP contribution in [-0.2, 0) is 14.3 Å². The first-order valence-corrected chi connectivity index (χ1v) is 8.69. The average Bonchev–Trinajstić information content (AvgIpc) is 3.13. The maximum Gasteiger partial charge on any atom is 0.407 e. The summed E-state index contributed by atoms with van der Waals surface area (Å²) in [6.45, 7) is 5.50. The van der Waals surface area contributed by atoms with Crippen molar-refractivity contribution in [3.05, 3.63) is 0 Å². The van der Waals surface area contributed by atoms with Crippen LogP contribution < -0.4 is 5.32 Å². The van der Waals surface area contributed by atoms with E-state index in [1.165, 1.54) is 7.11 Å². The van der Waals surface area contributed by atoms with Crippen LogP contribution in [0.15, 0.2) is 0 Å². The van der Waals surface area contributed by atoms with Gasteiger partial charge in [-0.2, -0.15) is 11.8 Å². The first-order valence-electron chi connectivity index (χ1n) is 7.29. The Bertz CT molecular complexity index is 374.